The molecule has 60 valence electrons. The fraction of sp³-hybridized carbons (Fsp3) is 0.625. The number of hydrogen-bond donors (Lipinski definition) is 1. The molecule has 0 bridgehead atoms. The van der Waals surface area contributed by atoms with E-state index in [9.17, 15) is 4.79 Å². The second kappa shape index (κ2) is 2.26. The van der Waals surface area contributed by atoms with Crippen LogP contribution < -0.4 is 5.56 Å². The summed E-state index contributed by atoms with van der Waals surface area (Å²) >= 11 is 0. The molecule has 0 aromatic carbocycles. The molecule has 1 N–H and O–H groups in total. The van der Waals surface area contributed by atoms with E-state index in [1.165, 1.54) is 0 Å². The van der Waals surface area contributed by atoms with Crippen LogP contribution in [0, 0.1) is 0 Å². The normalized spacial score (nSPS) is 17.2. The van der Waals surface area contributed by atoms with Crippen LogP contribution in [0.1, 0.15) is 31.5 Å². The van der Waals surface area contributed by atoms with Crippen LogP contribution in [-0.4, -0.2) is 9.78 Å². The van der Waals surface area contributed by atoms with Gasteiger partial charge in [0.15, 0.2) is 0 Å². The molecule has 0 atom stereocenters. The summed E-state index contributed by atoms with van der Waals surface area (Å²) in [5.74, 6) is 0. The van der Waals surface area contributed by atoms with Crippen LogP contribution in [0.3, 0.4) is 0 Å². The summed E-state index contributed by atoms with van der Waals surface area (Å²) < 4.78 is 1.75. The summed E-state index contributed by atoms with van der Waals surface area (Å²) in [5, 5.41) is 3.10. The maximum atomic E-state index is 11.2. The maximum Gasteiger partial charge on any atom is 0.266 e. The molecule has 1 aromatic rings. The molecular weight excluding hydrogens is 140 g/mol. The van der Waals surface area contributed by atoms with Crippen molar-refractivity contribution in [3.8, 4) is 0 Å². The van der Waals surface area contributed by atoms with Crippen molar-refractivity contribution in [1.29, 1.82) is 0 Å². The van der Waals surface area contributed by atoms with Crippen LogP contribution in [0.5, 0.6) is 0 Å². The van der Waals surface area contributed by atoms with E-state index in [1.54, 1.807) is 10.7 Å². The fourth-order valence-electron chi connectivity index (χ4n) is 1.25. The van der Waals surface area contributed by atoms with Gasteiger partial charge >= 0.3 is 0 Å². The van der Waals surface area contributed by atoms with E-state index < -0.39 is 0 Å². The molecular formula is C8H12N2O. The molecule has 0 aliphatic heterocycles. The molecule has 1 saturated carbocycles. The second-order valence-corrected chi connectivity index (χ2v) is 3.07. The van der Waals surface area contributed by atoms with Gasteiger partial charge in [0, 0.05) is 11.8 Å². The number of rotatable bonds is 2. The monoisotopic (exact) mass is 152 g/mol. The lowest BCUT2D eigenvalue weighted by Crippen LogP contribution is -2.13. The van der Waals surface area contributed by atoms with Crippen LogP contribution in [0.4, 0.5) is 0 Å². The van der Waals surface area contributed by atoms with Gasteiger partial charge in [-0.25, -0.2) is 4.68 Å². The second-order valence-electron chi connectivity index (χ2n) is 3.07. The average molecular weight is 152 g/mol. The number of aromatic nitrogens is 2. The Labute approximate surface area is 65.0 Å². The van der Waals surface area contributed by atoms with Gasteiger partial charge in [0.2, 0.25) is 0 Å². The van der Waals surface area contributed by atoms with Crippen molar-refractivity contribution in [2.75, 3.05) is 0 Å². The van der Waals surface area contributed by atoms with E-state index in [0.717, 1.165) is 25.0 Å². The first-order valence-electron chi connectivity index (χ1n) is 4.11. The average Bonchev–Trinajstić information content (AvgIpc) is 2.76. The van der Waals surface area contributed by atoms with Gasteiger partial charge in [-0.3, -0.25) is 9.89 Å². The molecule has 0 amide bonds. The first-order chi connectivity index (χ1) is 5.31. The van der Waals surface area contributed by atoms with E-state index >= 15 is 0 Å². The minimum Gasteiger partial charge on any atom is -0.299 e. The number of H-pyrrole nitrogens is 1. The number of aryl methyl sites for hydroxylation is 1. The molecule has 0 spiro atoms. The highest BCUT2D eigenvalue weighted by molar-refractivity contribution is 5.01. The fourth-order valence-corrected chi connectivity index (χ4v) is 1.25. The SMILES string of the molecule is CCc1cc(=O)n(C2CC2)[nH]1. The highest BCUT2D eigenvalue weighted by Crippen LogP contribution is 2.32. The van der Waals surface area contributed by atoms with Crippen LogP contribution in [0.2, 0.25) is 0 Å². The zero-order chi connectivity index (χ0) is 7.84. The van der Waals surface area contributed by atoms with Gasteiger partial charge in [0.05, 0.1) is 6.04 Å². The summed E-state index contributed by atoms with van der Waals surface area (Å²) in [4.78, 5) is 11.2. The molecule has 0 unspecified atom stereocenters. The van der Waals surface area contributed by atoms with E-state index in [0.29, 0.717) is 6.04 Å². The zero-order valence-corrected chi connectivity index (χ0v) is 6.63. The first kappa shape index (κ1) is 6.70. The minimum absolute atomic E-state index is 0.129. The van der Waals surface area contributed by atoms with Gasteiger partial charge in [-0.2, -0.15) is 0 Å². The summed E-state index contributed by atoms with van der Waals surface area (Å²) in [6.45, 7) is 2.04. The summed E-state index contributed by atoms with van der Waals surface area (Å²) in [7, 11) is 0. The van der Waals surface area contributed by atoms with Crippen molar-refractivity contribution in [2.24, 2.45) is 0 Å². The topological polar surface area (TPSA) is 37.8 Å². The summed E-state index contributed by atoms with van der Waals surface area (Å²) in [5.41, 5.74) is 1.17. The summed E-state index contributed by atoms with van der Waals surface area (Å²) in [6, 6.07) is 2.17. The van der Waals surface area contributed by atoms with E-state index in [-0.39, 0.29) is 5.56 Å². The molecule has 1 aromatic heterocycles. The van der Waals surface area contributed by atoms with Crippen molar-refractivity contribution >= 4 is 0 Å². The van der Waals surface area contributed by atoms with Crippen molar-refractivity contribution in [3.63, 3.8) is 0 Å². The quantitative estimate of drug-likeness (QED) is 0.676. The molecule has 2 rings (SSSR count). The standard InChI is InChI=1S/C8H12N2O/c1-2-6-5-8(11)10(9-6)7-3-4-7/h5,7,9H,2-4H2,1H3. The Morgan fingerprint density at radius 2 is 2.45 bits per heavy atom. The van der Waals surface area contributed by atoms with Crippen LogP contribution in [-0.2, 0) is 6.42 Å². The number of aromatic amines is 1. The smallest absolute Gasteiger partial charge is 0.266 e. The lowest BCUT2D eigenvalue weighted by atomic mass is 10.3. The van der Waals surface area contributed by atoms with Gasteiger partial charge in [-0.1, -0.05) is 6.92 Å². The summed E-state index contributed by atoms with van der Waals surface area (Å²) in [6.07, 6.45) is 3.22. The number of nitrogens with one attached hydrogen (secondary N) is 1. The van der Waals surface area contributed by atoms with Crippen molar-refractivity contribution < 1.29 is 0 Å². The molecule has 1 aliphatic carbocycles. The molecule has 0 saturated heterocycles. The Hall–Kier alpha value is -0.990. The van der Waals surface area contributed by atoms with Crippen molar-refractivity contribution in [2.45, 2.75) is 32.2 Å². The maximum absolute atomic E-state index is 11.2. The van der Waals surface area contributed by atoms with Crippen LogP contribution >= 0.6 is 0 Å². The predicted octanol–water partition coefficient (Wildman–Crippen LogP) is 1.07. The zero-order valence-electron chi connectivity index (χ0n) is 6.63. The third-order valence-electron chi connectivity index (χ3n) is 2.09. The Balaban J connectivity index is 2.38. The van der Waals surface area contributed by atoms with Crippen LogP contribution in [0.15, 0.2) is 10.9 Å². The predicted molar refractivity (Wildman–Crippen MR) is 42.7 cm³/mol. The van der Waals surface area contributed by atoms with E-state index in [2.05, 4.69) is 5.10 Å². The molecule has 3 nitrogen and oxygen atoms in total. The molecule has 1 fully saturated rings. The highest BCUT2D eigenvalue weighted by atomic mass is 16.1. The Bertz CT molecular complexity index is 306. The largest absolute Gasteiger partial charge is 0.299 e. The number of hydrogen-bond acceptors (Lipinski definition) is 1. The Kier molecular flexibility index (Phi) is 1.37. The third kappa shape index (κ3) is 1.11. The molecule has 1 aliphatic rings. The first-order valence-corrected chi connectivity index (χ1v) is 4.11. The van der Waals surface area contributed by atoms with E-state index in [1.807, 2.05) is 6.92 Å². The third-order valence-corrected chi connectivity index (χ3v) is 2.09. The molecule has 0 radical (unpaired) electrons. The van der Waals surface area contributed by atoms with Crippen molar-refractivity contribution in [3.05, 3.63) is 22.1 Å². The molecule has 11 heavy (non-hydrogen) atoms. The molecule has 1 heterocycles. The van der Waals surface area contributed by atoms with E-state index in [4.69, 9.17) is 0 Å². The highest BCUT2D eigenvalue weighted by Gasteiger charge is 2.25. The lowest BCUT2D eigenvalue weighted by molar-refractivity contribution is 0.611. The van der Waals surface area contributed by atoms with Gasteiger partial charge in [-0.15, -0.1) is 0 Å². The molecule has 3 heteroatoms. The Morgan fingerprint density at radius 1 is 1.73 bits per heavy atom. The number of nitrogens with zero attached hydrogens (tertiary/aromatic N) is 1. The van der Waals surface area contributed by atoms with Crippen LogP contribution in [0.25, 0.3) is 0 Å². The van der Waals surface area contributed by atoms with Crippen molar-refractivity contribution in [1.82, 2.24) is 9.78 Å². The lowest BCUT2D eigenvalue weighted by Gasteiger charge is -1.95. The van der Waals surface area contributed by atoms with Gasteiger partial charge in [0.1, 0.15) is 0 Å². The minimum atomic E-state index is 0.129. The Morgan fingerprint density at radius 3 is 2.91 bits per heavy atom. The van der Waals surface area contributed by atoms with Gasteiger partial charge < -0.3 is 0 Å². The van der Waals surface area contributed by atoms with Gasteiger partial charge in [0.25, 0.3) is 5.56 Å². The van der Waals surface area contributed by atoms with Gasteiger partial charge in [-0.05, 0) is 19.3 Å².